The number of hydrogen-bond acceptors (Lipinski definition) is 3. The van der Waals surface area contributed by atoms with Gasteiger partial charge in [0, 0.05) is 23.8 Å². The lowest BCUT2D eigenvalue weighted by Crippen LogP contribution is -2.27. The number of rotatable bonds is 3. The molecule has 1 rings (SSSR count). The van der Waals surface area contributed by atoms with Gasteiger partial charge in [-0.1, -0.05) is 0 Å². The normalized spacial score (nSPS) is 11.2. The molecule has 4 nitrogen and oxygen atoms in total. The number of amides is 1. The fourth-order valence-electron chi connectivity index (χ4n) is 1.67. The third-order valence-electron chi connectivity index (χ3n) is 2.82. The summed E-state index contributed by atoms with van der Waals surface area (Å²) in [5, 5.41) is 2.80. The van der Waals surface area contributed by atoms with Gasteiger partial charge in [-0.2, -0.15) is 0 Å². The van der Waals surface area contributed by atoms with Gasteiger partial charge in [0.2, 0.25) is 0 Å². The van der Waals surface area contributed by atoms with Gasteiger partial charge < -0.3 is 9.64 Å². The van der Waals surface area contributed by atoms with E-state index in [1.54, 1.807) is 0 Å². The second-order valence-corrected chi connectivity index (χ2v) is 6.61. The summed E-state index contributed by atoms with van der Waals surface area (Å²) in [6, 6.07) is 3.95. The molecule has 0 aliphatic rings. The molecular formula is C15H23BrN2O2. The number of carbonyl (C=O) groups excluding carboxylic acids is 1. The topological polar surface area (TPSA) is 41.6 Å². The second kappa shape index (κ2) is 6.48. The average Bonchev–Trinajstić information content (AvgIpc) is 2.29. The monoisotopic (exact) mass is 342 g/mol. The lowest BCUT2D eigenvalue weighted by atomic mass is 10.1. The first-order valence-electron chi connectivity index (χ1n) is 6.65. The summed E-state index contributed by atoms with van der Waals surface area (Å²) in [4.78, 5) is 14.0. The summed E-state index contributed by atoms with van der Waals surface area (Å²) in [5.41, 5.74) is 2.27. The molecule has 0 bridgehead atoms. The molecule has 0 aliphatic heterocycles. The number of hydrogen-bond donors (Lipinski definition) is 1. The van der Waals surface area contributed by atoms with Gasteiger partial charge in [0.05, 0.1) is 5.69 Å². The minimum absolute atomic E-state index is 0.437. The molecule has 0 aliphatic carbocycles. The lowest BCUT2D eigenvalue weighted by molar-refractivity contribution is 0.0636. The van der Waals surface area contributed by atoms with Crippen LogP contribution in [0.5, 0.6) is 0 Å². The van der Waals surface area contributed by atoms with E-state index >= 15 is 0 Å². The number of halogens is 1. The molecule has 5 heteroatoms. The van der Waals surface area contributed by atoms with Crippen molar-refractivity contribution in [3.63, 3.8) is 0 Å². The fraction of sp³-hybridized carbons (Fsp3) is 0.533. The average molecular weight is 343 g/mol. The van der Waals surface area contributed by atoms with Crippen molar-refractivity contribution >= 4 is 33.4 Å². The van der Waals surface area contributed by atoms with E-state index in [9.17, 15) is 4.79 Å². The van der Waals surface area contributed by atoms with E-state index in [-0.39, 0.29) is 0 Å². The van der Waals surface area contributed by atoms with E-state index in [1.165, 1.54) is 0 Å². The summed E-state index contributed by atoms with van der Waals surface area (Å²) >= 11 is 3.55. The minimum Gasteiger partial charge on any atom is -0.444 e. The van der Waals surface area contributed by atoms with E-state index in [2.05, 4.69) is 33.1 Å². The largest absolute Gasteiger partial charge is 0.444 e. The molecule has 0 unspecified atom stereocenters. The first-order valence-corrected chi connectivity index (χ1v) is 7.44. The number of anilines is 2. The summed E-state index contributed by atoms with van der Waals surface area (Å²) in [7, 11) is 2.01. The Kier molecular flexibility index (Phi) is 5.45. The Labute approximate surface area is 129 Å². The molecule has 20 heavy (non-hydrogen) atoms. The van der Waals surface area contributed by atoms with Crippen molar-refractivity contribution < 1.29 is 9.53 Å². The maximum Gasteiger partial charge on any atom is 0.412 e. The van der Waals surface area contributed by atoms with Crippen molar-refractivity contribution in [3.05, 3.63) is 22.2 Å². The summed E-state index contributed by atoms with van der Waals surface area (Å²) < 4.78 is 6.29. The Hall–Kier alpha value is -1.23. The Balaban J connectivity index is 2.98. The van der Waals surface area contributed by atoms with Crippen LogP contribution in [0.1, 0.15) is 33.3 Å². The molecule has 0 radical (unpaired) electrons. The van der Waals surface area contributed by atoms with Gasteiger partial charge in [0.15, 0.2) is 0 Å². The zero-order valence-corrected chi connectivity index (χ0v) is 14.6. The maximum atomic E-state index is 11.9. The van der Waals surface area contributed by atoms with Crippen LogP contribution in [-0.4, -0.2) is 25.3 Å². The van der Waals surface area contributed by atoms with Gasteiger partial charge in [0.25, 0.3) is 0 Å². The van der Waals surface area contributed by atoms with Crippen molar-refractivity contribution in [2.24, 2.45) is 0 Å². The molecule has 0 saturated heterocycles. The summed E-state index contributed by atoms with van der Waals surface area (Å²) in [5.74, 6) is 0. The highest BCUT2D eigenvalue weighted by Gasteiger charge is 2.17. The Morgan fingerprint density at radius 3 is 2.50 bits per heavy atom. The molecule has 1 aromatic rings. The molecule has 1 N–H and O–H groups in total. The Bertz CT molecular complexity index is 495. The van der Waals surface area contributed by atoms with E-state index in [4.69, 9.17) is 4.74 Å². The van der Waals surface area contributed by atoms with Gasteiger partial charge in [-0.3, -0.25) is 5.32 Å². The van der Waals surface area contributed by atoms with Crippen LogP contribution < -0.4 is 10.2 Å². The number of nitrogens with zero attached hydrogens (tertiary/aromatic N) is 1. The van der Waals surface area contributed by atoms with E-state index in [0.717, 1.165) is 28.0 Å². The minimum atomic E-state index is -0.504. The highest BCUT2D eigenvalue weighted by Crippen LogP contribution is 2.31. The third-order valence-corrected chi connectivity index (χ3v) is 3.45. The van der Waals surface area contributed by atoms with Crippen LogP contribution in [0.2, 0.25) is 0 Å². The van der Waals surface area contributed by atoms with Crippen LogP contribution in [0.3, 0.4) is 0 Å². The van der Waals surface area contributed by atoms with Crippen LogP contribution in [0.25, 0.3) is 0 Å². The smallest absolute Gasteiger partial charge is 0.412 e. The first kappa shape index (κ1) is 16.8. The maximum absolute atomic E-state index is 11.9. The molecule has 0 heterocycles. The number of carbonyl (C=O) groups is 1. The SMILES string of the molecule is CCN(C)c1cc(NC(=O)OC(C)(C)C)c(C)cc1Br. The van der Waals surface area contributed by atoms with Crippen molar-refractivity contribution in [1.82, 2.24) is 0 Å². The zero-order valence-electron chi connectivity index (χ0n) is 13.0. The van der Waals surface area contributed by atoms with Gasteiger partial charge in [-0.25, -0.2) is 4.79 Å². The Morgan fingerprint density at radius 1 is 1.40 bits per heavy atom. The molecule has 1 amide bonds. The molecule has 0 fully saturated rings. The highest BCUT2D eigenvalue weighted by atomic mass is 79.9. The van der Waals surface area contributed by atoms with Crippen LogP contribution >= 0.6 is 15.9 Å². The number of nitrogens with one attached hydrogen (secondary N) is 1. The standard InChI is InChI=1S/C15H23BrN2O2/c1-7-18(6)13-9-12(10(2)8-11(13)16)17-14(19)20-15(3,4)5/h8-9H,7H2,1-6H3,(H,17,19). The predicted octanol–water partition coefficient (Wildman–Crippen LogP) is 4.56. The number of benzene rings is 1. The van der Waals surface area contributed by atoms with Crippen molar-refractivity contribution in [2.75, 3.05) is 23.8 Å². The van der Waals surface area contributed by atoms with Gasteiger partial charge in [0.1, 0.15) is 5.60 Å². The lowest BCUT2D eigenvalue weighted by Gasteiger charge is -2.23. The second-order valence-electron chi connectivity index (χ2n) is 5.76. The molecule has 0 spiro atoms. The summed E-state index contributed by atoms with van der Waals surface area (Å²) in [6.07, 6.45) is -0.437. The van der Waals surface area contributed by atoms with Crippen LogP contribution in [-0.2, 0) is 4.74 Å². The molecule has 112 valence electrons. The molecule has 0 atom stereocenters. The van der Waals surface area contributed by atoms with Crippen molar-refractivity contribution in [3.8, 4) is 0 Å². The number of ether oxygens (including phenoxy) is 1. The molecule has 0 aromatic heterocycles. The fourth-order valence-corrected chi connectivity index (χ4v) is 2.43. The molecule has 0 saturated carbocycles. The third kappa shape index (κ3) is 4.71. The van der Waals surface area contributed by atoms with Crippen molar-refractivity contribution in [2.45, 2.75) is 40.2 Å². The predicted molar refractivity (Wildman–Crippen MR) is 87.7 cm³/mol. The van der Waals surface area contributed by atoms with E-state index in [0.29, 0.717) is 0 Å². The van der Waals surface area contributed by atoms with Gasteiger partial charge in [-0.05, 0) is 68.2 Å². The number of aryl methyl sites for hydroxylation is 1. The first-order chi connectivity index (χ1) is 9.14. The zero-order chi connectivity index (χ0) is 15.5. The van der Waals surface area contributed by atoms with Gasteiger partial charge in [-0.15, -0.1) is 0 Å². The summed E-state index contributed by atoms with van der Waals surface area (Å²) in [6.45, 7) is 10.4. The van der Waals surface area contributed by atoms with Crippen LogP contribution in [0.15, 0.2) is 16.6 Å². The van der Waals surface area contributed by atoms with E-state index in [1.807, 2.05) is 46.9 Å². The van der Waals surface area contributed by atoms with Crippen LogP contribution in [0.4, 0.5) is 16.2 Å². The molecular weight excluding hydrogens is 320 g/mol. The van der Waals surface area contributed by atoms with Gasteiger partial charge >= 0.3 is 6.09 Å². The van der Waals surface area contributed by atoms with Crippen molar-refractivity contribution in [1.29, 1.82) is 0 Å². The molecule has 1 aromatic carbocycles. The Morgan fingerprint density at radius 2 is 2.00 bits per heavy atom. The quantitative estimate of drug-likeness (QED) is 0.875. The highest BCUT2D eigenvalue weighted by molar-refractivity contribution is 9.10. The van der Waals surface area contributed by atoms with E-state index < -0.39 is 11.7 Å². The van der Waals surface area contributed by atoms with Crippen LogP contribution in [0, 0.1) is 6.92 Å².